The van der Waals surface area contributed by atoms with Gasteiger partial charge in [-0.25, -0.2) is 0 Å². The fraction of sp³-hybridized carbons (Fsp3) is 1.00. The molecule has 21 heavy (non-hydrogen) atoms. The van der Waals surface area contributed by atoms with Crippen molar-refractivity contribution in [3.63, 3.8) is 0 Å². The van der Waals surface area contributed by atoms with Gasteiger partial charge in [0.2, 0.25) is 0 Å². The minimum Gasteiger partial charge on any atom is -0.395 e. The van der Waals surface area contributed by atoms with E-state index < -0.39 is 24.4 Å². The van der Waals surface area contributed by atoms with Gasteiger partial charge in [0.15, 0.2) is 0 Å². The van der Waals surface area contributed by atoms with Gasteiger partial charge in [-0.2, -0.15) is 0 Å². The van der Waals surface area contributed by atoms with Crippen LogP contribution in [0.1, 0.15) is 58.3 Å². The number of piperidine rings is 1. The molecule has 5 heteroatoms. The van der Waals surface area contributed by atoms with Crippen molar-refractivity contribution in [2.45, 2.75) is 82.6 Å². The first-order valence-corrected chi connectivity index (χ1v) is 8.51. The number of aliphatic hydroxyl groups excluding tert-OH is 4. The molecule has 0 aliphatic carbocycles. The molecule has 1 fully saturated rings. The highest BCUT2D eigenvalue weighted by molar-refractivity contribution is 4.93. The predicted molar refractivity (Wildman–Crippen MR) is 83.1 cm³/mol. The Hall–Kier alpha value is -0.200. The molecular formula is C16H33NO4. The van der Waals surface area contributed by atoms with Crippen LogP contribution in [0.2, 0.25) is 0 Å². The molecule has 5 nitrogen and oxygen atoms in total. The smallest absolute Gasteiger partial charge is 0.109 e. The van der Waals surface area contributed by atoms with E-state index in [0.29, 0.717) is 6.54 Å². The highest BCUT2D eigenvalue weighted by Crippen LogP contribution is 2.19. The highest BCUT2D eigenvalue weighted by Gasteiger charge is 2.40. The second kappa shape index (κ2) is 10.5. The van der Waals surface area contributed by atoms with Crippen LogP contribution in [0, 0.1) is 0 Å². The van der Waals surface area contributed by atoms with Gasteiger partial charge >= 0.3 is 0 Å². The van der Waals surface area contributed by atoms with Crippen molar-refractivity contribution in [1.82, 2.24) is 4.90 Å². The standard InChI is InChI=1S/C16H33NO4/c1-2-3-4-5-6-7-8-9-10-17-11-14(19)16(21)15(20)13(17)12-18/h13-16,18-21H,2-12H2,1H3. The first-order chi connectivity index (χ1) is 10.1. The average Bonchev–Trinajstić information content (AvgIpc) is 2.48. The molecular weight excluding hydrogens is 270 g/mol. The van der Waals surface area contributed by atoms with Crippen LogP contribution in [0.25, 0.3) is 0 Å². The van der Waals surface area contributed by atoms with Gasteiger partial charge in [0, 0.05) is 6.54 Å². The van der Waals surface area contributed by atoms with E-state index in [1.54, 1.807) is 0 Å². The van der Waals surface area contributed by atoms with Crippen LogP contribution in [-0.2, 0) is 0 Å². The van der Waals surface area contributed by atoms with Crippen LogP contribution in [0.4, 0.5) is 0 Å². The van der Waals surface area contributed by atoms with Gasteiger partial charge in [0.1, 0.15) is 12.2 Å². The average molecular weight is 303 g/mol. The number of β-amino-alcohol motifs (C(OH)–C–C–N with tert-alkyl or cyclic N) is 1. The molecule has 0 bridgehead atoms. The zero-order chi connectivity index (χ0) is 15.7. The number of unbranched alkanes of at least 4 members (excludes halogenated alkanes) is 7. The Kier molecular flexibility index (Phi) is 9.44. The monoisotopic (exact) mass is 303 g/mol. The molecule has 0 saturated carbocycles. The fourth-order valence-corrected chi connectivity index (χ4v) is 3.08. The molecule has 0 aromatic rings. The second-order valence-electron chi connectivity index (χ2n) is 6.27. The van der Waals surface area contributed by atoms with Crippen molar-refractivity contribution in [3.8, 4) is 0 Å². The summed E-state index contributed by atoms with van der Waals surface area (Å²) < 4.78 is 0. The highest BCUT2D eigenvalue weighted by atomic mass is 16.4. The maximum atomic E-state index is 9.89. The lowest BCUT2D eigenvalue weighted by atomic mass is 9.94. The third-order valence-electron chi connectivity index (χ3n) is 4.51. The van der Waals surface area contributed by atoms with Gasteiger partial charge in [-0.3, -0.25) is 4.90 Å². The van der Waals surface area contributed by atoms with Crippen LogP contribution in [0.5, 0.6) is 0 Å². The molecule has 4 N–H and O–H groups in total. The Balaban J connectivity index is 2.18. The summed E-state index contributed by atoms with van der Waals surface area (Å²) >= 11 is 0. The topological polar surface area (TPSA) is 84.2 Å². The summed E-state index contributed by atoms with van der Waals surface area (Å²) in [7, 11) is 0. The number of hydrogen-bond donors (Lipinski definition) is 4. The molecule has 1 aliphatic heterocycles. The van der Waals surface area contributed by atoms with Crippen LogP contribution in [0.15, 0.2) is 0 Å². The SMILES string of the molecule is CCCCCCCCCCN1CC(O)C(O)C(O)C1CO. The lowest BCUT2D eigenvalue weighted by Gasteiger charge is -2.43. The Bertz CT molecular complexity index is 265. The zero-order valence-corrected chi connectivity index (χ0v) is 13.3. The summed E-state index contributed by atoms with van der Waals surface area (Å²) in [5, 5.41) is 38.6. The van der Waals surface area contributed by atoms with Crippen LogP contribution >= 0.6 is 0 Å². The van der Waals surface area contributed by atoms with Gasteiger partial charge in [0.25, 0.3) is 0 Å². The van der Waals surface area contributed by atoms with Crippen molar-refractivity contribution >= 4 is 0 Å². The number of nitrogens with zero attached hydrogens (tertiary/aromatic N) is 1. The fourth-order valence-electron chi connectivity index (χ4n) is 3.08. The van der Waals surface area contributed by atoms with E-state index in [4.69, 9.17) is 0 Å². The van der Waals surface area contributed by atoms with Gasteiger partial charge in [0.05, 0.1) is 18.8 Å². The normalized spacial score (nSPS) is 30.7. The zero-order valence-electron chi connectivity index (χ0n) is 13.3. The summed E-state index contributed by atoms with van der Waals surface area (Å²) in [6.45, 7) is 3.10. The third kappa shape index (κ3) is 6.20. The van der Waals surface area contributed by atoms with Crippen LogP contribution in [-0.4, -0.2) is 69.4 Å². The number of likely N-dealkylation sites (tertiary alicyclic amines) is 1. The first kappa shape index (κ1) is 18.8. The van der Waals surface area contributed by atoms with E-state index >= 15 is 0 Å². The number of aliphatic hydroxyl groups is 4. The summed E-state index contributed by atoms with van der Waals surface area (Å²) in [5.41, 5.74) is 0. The summed E-state index contributed by atoms with van der Waals surface area (Å²) in [4.78, 5) is 1.90. The van der Waals surface area contributed by atoms with Crippen LogP contribution < -0.4 is 0 Å². The first-order valence-electron chi connectivity index (χ1n) is 8.51. The van der Waals surface area contributed by atoms with Crippen LogP contribution in [0.3, 0.4) is 0 Å². The molecule has 1 saturated heterocycles. The van der Waals surface area contributed by atoms with Crippen molar-refractivity contribution in [2.75, 3.05) is 19.7 Å². The lowest BCUT2D eigenvalue weighted by molar-refractivity contribution is -0.145. The Labute approximate surface area is 128 Å². The van der Waals surface area contributed by atoms with Crippen molar-refractivity contribution in [2.24, 2.45) is 0 Å². The third-order valence-corrected chi connectivity index (χ3v) is 4.51. The molecule has 4 unspecified atom stereocenters. The lowest BCUT2D eigenvalue weighted by Crippen LogP contribution is -2.62. The largest absolute Gasteiger partial charge is 0.395 e. The molecule has 4 atom stereocenters. The summed E-state index contributed by atoms with van der Waals surface area (Å²) in [6.07, 6.45) is 6.68. The molecule has 126 valence electrons. The Morgan fingerprint density at radius 3 is 2.00 bits per heavy atom. The van der Waals surface area contributed by atoms with E-state index in [9.17, 15) is 20.4 Å². The second-order valence-corrected chi connectivity index (χ2v) is 6.27. The van der Waals surface area contributed by atoms with Crippen molar-refractivity contribution < 1.29 is 20.4 Å². The van der Waals surface area contributed by atoms with Gasteiger partial charge in [-0.15, -0.1) is 0 Å². The maximum Gasteiger partial charge on any atom is 0.109 e. The molecule has 0 aromatic carbocycles. The molecule has 0 amide bonds. The Morgan fingerprint density at radius 1 is 0.857 bits per heavy atom. The van der Waals surface area contributed by atoms with E-state index in [-0.39, 0.29) is 6.61 Å². The molecule has 1 aliphatic rings. The van der Waals surface area contributed by atoms with E-state index in [1.165, 1.54) is 38.5 Å². The van der Waals surface area contributed by atoms with E-state index in [0.717, 1.165) is 19.4 Å². The molecule has 1 rings (SSSR count). The minimum atomic E-state index is -1.16. The van der Waals surface area contributed by atoms with E-state index in [1.807, 2.05) is 4.90 Å². The molecule has 0 aromatic heterocycles. The molecule has 0 spiro atoms. The van der Waals surface area contributed by atoms with Crippen molar-refractivity contribution in [3.05, 3.63) is 0 Å². The van der Waals surface area contributed by atoms with Crippen molar-refractivity contribution in [1.29, 1.82) is 0 Å². The molecule has 0 radical (unpaired) electrons. The van der Waals surface area contributed by atoms with Gasteiger partial charge < -0.3 is 20.4 Å². The van der Waals surface area contributed by atoms with Gasteiger partial charge in [-0.1, -0.05) is 51.9 Å². The summed E-state index contributed by atoms with van der Waals surface area (Å²) in [5.74, 6) is 0. The minimum absolute atomic E-state index is 0.192. The Morgan fingerprint density at radius 2 is 1.43 bits per heavy atom. The maximum absolute atomic E-state index is 9.89. The number of hydrogen-bond acceptors (Lipinski definition) is 5. The van der Waals surface area contributed by atoms with E-state index in [2.05, 4.69) is 6.92 Å². The predicted octanol–water partition coefficient (Wildman–Crippen LogP) is 0.886. The summed E-state index contributed by atoms with van der Waals surface area (Å²) in [6, 6.07) is -0.465. The molecule has 1 heterocycles. The number of rotatable bonds is 10. The quantitative estimate of drug-likeness (QED) is 0.450. The van der Waals surface area contributed by atoms with Gasteiger partial charge in [-0.05, 0) is 13.0 Å².